The molecule has 0 atom stereocenters. The van der Waals surface area contributed by atoms with E-state index in [9.17, 15) is 0 Å². The highest BCUT2D eigenvalue weighted by Crippen LogP contribution is 2.19. The van der Waals surface area contributed by atoms with Crippen LogP contribution in [0.25, 0.3) is 0 Å². The fraction of sp³-hybridized carbons (Fsp3) is 0.364. The Morgan fingerprint density at radius 3 is 2.43 bits per heavy atom. The molecule has 0 N–H and O–H groups in total. The number of aliphatic imine (C=N–C) groups is 1. The van der Waals surface area contributed by atoms with Crippen molar-refractivity contribution in [1.82, 2.24) is 4.90 Å². The Balaban J connectivity index is 2.83. The Hall–Kier alpha value is -1.51. The van der Waals surface area contributed by atoms with Crippen LogP contribution in [-0.4, -0.2) is 39.4 Å². The van der Waals surface area contributed by atoms with E-state index in [1.54, 1.807) is 6.34 Å². The Morgan fingerprint density at radius 2 is 1.86 bits per heavy atom. The summed E-state index contributed by atoms with van der Waals surface area (Å²) in [5, 5.41) is 0. The van der Waals surface area contributed by atoms with E-state index >= 15 is 0 Å². The van der Waals surface area contributed by atoms with Gasteiger partial charge in [0.2, 0.25) is 0 Å². The topological polar surface area (TPSA) is 18.8 Å². The first-order valence-electron chi connectivity index (χ1n) is 4.57. The van der Waals surface area contributed by atoms with Crippen LogP contribution in [0.5, 0.6) is 0 Å². The predicted octanol–water partition coefficient (Wildman–Crippen LogP) is 1.97. The maximum Gasteiger partial charge on any atom is 0.0907 e. The van der Waals surface area contributed by atoms with Gasteiger partial charge in [0.15, 0.2) is 0 Å². The molecule has 0 unspecified atom stereocenters. The Kier molecular flexibility index (Phi) is 3.51. The van der Waals surface area contributed by atoms with Crippen molar-refractivity contribution in [1.29, 1.82) is 0 Å². The summed E-state index contributed by atoms with van der Waals surface area (Å²) in [6, 6.07) is 8.12. The van der Waals surface area contributed by atoms with E-state index in [2.05, 4.69) is 22.0 Å². The molecule has 0 bridgehead atoms. The van der Waals surface area contributed by atoms with Gasteiger partial charge in [0.25, 0.3) is 0 Å². The Morgan fingerprint density at radius 1 is 1.14 bits per heavy atom. The summed E-state index contributed by atoms with van der Waals surface area (Å²) in [6.45, 7) is 0. The molecule has 0 saturated carbocycles. The summed E-state index contributed by atoms with van der Waals surface area (Å²) >= 11 is 0. The molecule has 1 aromatic rings. The van der Waals surface area contributed by atoms with Gasteiger partial charge in [0.05, 0.1) is 12.0 Å². The minimum Gasteiger partial charge on any atom is -0.378 e. The van der Waals surface area contributed by atoms with Crippen LogP contribution in [0.3, 0.4) is 0 Å². The van der Waals surface area contributed by atoms with Crippen molar-refractivity contribution in [2.75, 3.05) is 33.1 Å². The average molecular weight is 191 g/mol. The molecule has 0 saturated heterocycles. The van der Waals surface area contributed by atoms with E-state index in [4.69, 9.17) is 0 Å². The van der Waals surface area contributed by atoms with Crippen molar-refractivity contribution < 1.29 is 0 Å². The summed E-state index contributed by atoms with van der Waals surface area (Å²) in [4.78, 5) is 8.31. The summed E-state index contributed by atoms with van der Waals surface area (Å²) in [5.74, 6) is 0. The van der Waals surface area contributed by atoms with E-state index in [1.807, 2.05) is 45.2 Å². The standard InChI is InChI=1S/C11H17N3/c1-13(2)9-12-10-6-5-7-11(8-10)14(3)4/h5-9H,1-4H3. The van der Waals surface area contributed by atoms with Crippen molar-refractivity contribution in [3.05, 3.63) is 24.3 Å². The molecular formula is C11H17N3. The third-order valence-electron chi connectivity index (χ3n) is 1.78. The van der Waals surface area contributed by atoms with Crippen LogP contribution in [0.2, 0.25) is 0 Å². The fourth-order valence-electron chi connectivity index (χ4n) is 1.03. The van der Waals surface area contributed by atoms with Crippen molar-refractivity contribution in [2.24, 2.45) is 4.99 Å². The molecule has 0 fully saturated rings. The number of nitrogens with zero attached hydrogens (tertiary/aromatic N) is 3. The minimum absolute atomic E-state index is 0.977. The SMILES string of the molecule is CN(C)C=Nc1cccc(N(C)C)c1. The number of benzene rings is 1. The van der Waals surface area contributed by atoms with Crippen LogP contribution in [0.15, 0.2) is 29.3 Å². The first-order valence-corrected chi connectivity index (χ1v) is 4.57. The van der Waals surface area contributed by atoms with Gasteiger partial charge in [-0.05, 0) is 18.2 Å². The summed E-state index contributed by atoms with van der Waals surface area (Å²) in [6.07, 6.45) is 1.80. The number of hydrogen-bond acceptors (Lipinski definition) is 2. The minimum atomic E-state index is 0.977. The molecule has 1 rings (SSSR count). The van der Waals surface area contributed by atoms with E-state index in [0.29, 0.717) is 0 Å². The van der Waals surface area contributed by atoms with Crippen LogP contribution >= 0.6 is 0 Å². The molecule has 0 spiro atoms. The molecule has 0 amide bonds. The lowest BCUT2D eigenvalue weighted by Crippen LogP contribution is -2.08. The maximum atomic E-state index is 4.32. The zero-order chi connectivity index (χ0) is 10.6. The largest absolute Gasteiger partial charge is 0.378 e. The second-order valence-electron chi connectivity index (χ2n) is 3.62. The van der Waals surface area contributed by atoms with Gasteiger partial charge in [0, 0.05) is 33.9 Å². The molecule has 14 heavy (non-hydrogen) atoms. The molecular weight excluding hydrogens is 174 g/mol. The van der Waals surface area contributed by atoms with Gasteiger partial charge in [0.1, 0.15) is 0 Å². The molecule has 0 aliphatic heterocycles. The maximum absolute atomic E-state index is 4.32. The van der Waals surface area contributed by atoms with Gasteiger partial charge >= 0.3 is 0 Å². The average Bonchev–Trinajstić information content (AvgIpc) is 2.15. The van der Waals surface area contributed by atoms with Gasteiger partial charge in [-0.25, -0.2) is 4.99 Å². The van der Waals surface area contributed by atoms with Gasteiger partial charge in [-0.3, -0.25) is 0 Å². The van der Waals surface area contributed by atoms with Crippen molar-refractivity contribution in [2.45, 2.75) is 0 Å². The van der Waals surface area contributed by atoms with Crippen LogP contribution in [0.4, 0.5) is 11.4 Å². The van der Waals surface area contributed by atoms with E-state index in [0.717, 1.165) is 5.69 Å². The third-order valence-corrected chi connectivity index (χ3v) is 1.78. The molecule has 0 heterocycles. The van der Waals surface area contributed by atoms with Gasteiger partial charge in [-0.15, -0.1) is 0 Å². The summed E-state index contributed by atoms with van der Waals surface area (Å²) < 4.78 is 0. The highest BCUT2D eigenvalue weighted by molar-refractivity contribution is 5.63. The summed E-state index contributed by atoms with van der Waals surface area (Å²) in [5.41, 5.74) is 2.14. The number of anilines is 1. The number of rotatable bonds is 3. The molecule has 0 aliphatic carbocycles. The lowest BCUT2D eigenvalue weighted by molar-refractivity contribution is 0.643. The van der Waals surface area contributed by atoms with Crippen LogP contribution in [0, 0.1) is 0 Å². The smallest absolute Gasteiger partial charge is 0.0907 e. The van der Waals surface area contributed by atoms with Crippen molar-refractivity contribution in [3.8, 4) is 0 Å². The molecule has 0 radical (unpaired) electrons. The van der Waals surface area contributed by atoms with E-state index < -0.39 is 0 Å². The monoisotopic (exact) mass is 191 g/mol. The highest BCUT2D eigenvalue weighted by Gasteiger charge is 1.95. The third kappa shape index (κ3) is 3.09. The zero-order valence-corrected chi connectivity index (χ0v) is 9.23. The lowest BCUT2D eigenvalue weighted by atomic mass is 10.3. The Bertz CT molecular complexity index is 316. The zero-order valence-electron chi connectivity index (χ0n) is 9.23. The normalized spacial score (nSPS) is 10.6. The second-order valence-corrected chi connectivity index (χ2v) is 3.62. The van der Waals surface area contributed by atoms with Crippen molar-refractivity contribution >= 4 is 17.7 Å². The molecule has 0 aromatic heterocycles. The van der Waals surface area contributed by atoms with Gasteiger partial charge in [-0.1, -0.05) is 6.07 Å². The molecule has 3 nitrogen and oxygen atoms in total. The first kappa shape index (κ1) is 10.6. The molecule has 3 heteroatoms. The fourth-order valence-corrected chi connectivity index (χ4v) is 1.03. The second kappa shape index (κ2) is 4.65. The highest BCUT2D eigenvalue weighted by atomic mass is 15.1. The first-order chi connectivity index (χ1) is 6.59. The Labute approximate surface area is 85.7 Å². The van der Waals surface area contributed by atoms with Gasteiger partial charge in [-0.2, -0.15) is 0 Å². The van der Waals surface area contributed by atoms with E-state index in [1.165, 1.54) is 5.69 Å². The summed E-state index contributed by atoms with van der Waals surface area (Å²) in [7, 11) is 7.96. The van der Waals surface area contributed by atoms with Crippen molar-refractivity contribution in [3.63, 3.8) is 0 Å². The quantitative estimate of drug-likeness (QED) is 0.537. The van der Waals surface area contributed by atoms with Crippen LogP contribution < -0.4 is 4.90 Å². The molecule has 76 valence electrons. The predicted molar refractivity (Wildman–Crippen MR) is 62.6 cm³/mol. The van der Waals surface area contributed by atoms with Gasteiger partial charge < -0.3 is 9.80 Å². The van der Waals surface area contributed by atoms with E-state index in [-0.39, 0.29) is 0 Å². The van der Waals surface area contributed by atoms with Crippen LogP contribution in [0.1, 0.15) is 0 Å². The number of hydrogen-bond donors (Lipinski definition) is 0. The lowest BCUT2D eigenvalue weighted by Gasteiger charge is -2.12. The molecule has 0 aliphatic rings. The van der Waals surface area contributed by atoms with Crippen LogP contribution in [-0.2, 0) is 0 Å². The molecule has 1 aromatic carbocycles.